The van der Waals surface area contributed by atoms with Crippen LogP contribution >= 0.6 is 0 Å². The van der Waals surface area contributed by atoms with E-state index in [-0.39, 0.29) is 29.7 Å². The number of ketones is 1. The number of benzene rings is 2. The maximum absolute atomic E-state index is 13.1. The average Bonchev–Trinajstić information content (AvgIpc) is 3.42. The van der Waals surface area contributed by atoms with Gasteiger partial charge in [0.2, 0.25) is 0 Å². The van der Waals surface area contributed by atoms with Crippen LogP contribution in [0.25, 0.3) is 5.76 Å². The van der Waals surface area contributed by atoms with Gasteiger partial charge in [-0.3, -0.25) is 19.7 Å². The maximum Gasteiger partial charge on any atom is 0.295 e. The molecule has 0 spiro atoms. The normalized spacial score (nSPS) is 22.0. The second-order valence-electron chi connectivity index (χ2n) is 7.90. The second-order valence-corrected chi connectivity index (χ2v) is 7.90. The lowest BCUT2D eigenvalue weighted by atomic mass is 9.95. The fourth-order valence-electron chi connectivity index (χ4n) is 4.26. The third kappa shape index (κ3) is 4.45. The first-order chi connectivity index (χ1) is 15.9. The Morgan fingerprint density at radius 3 is 2.64 bits per heavy atom. The molecule has 0 aliphatic carbocycles. The fraction of sp³-hybridized carbons (Fsp3) is 0.333. The number of carbonyl (C=O) groups excluding carboxylic acids is 2. The molecule has 2 unspecified atom stereocenters. The van der Waals surface area contributed by atoms with Crippen LogP contribution in [-0.2, 0) is 14.3 Å². The van der Waals surface area contributed by atoms with Crippen molar-refractivity contribution in [3.05, 3.63) is 75.3 Å². The zero-order valence-corrected chi connectivity index (χ0v) is 18.1. The van der Waals surface area contributed by atoms with Crippen molar-refractivity contribution in [2.45, 2.75) is 31.9 Å². The summed E-state index contributed by atoms with van der Waals surface area (Å²) in [6.07, 6.45) is 1.35. The van der Waals surface area contributed by atoms with Gasteiger partial charge in [0.25, 0.3) is 17.4 Å². The van der Waals surface area contributed by atoms with Crippen molar-refractivity contribution in [2.75, 3.05) is 19.8 Å². The smallest absolute Gasteiger partial charge is 0.295 e. The fourth-order valence-corrected chi connectivity index (χ4v) is 4.26. The number of likely N-dealkylation sites (tertiary alicyclic amines) is 1. The highest BCUT2D eigenvalue weighted by molar-refractivity contribution is 6.46. The van der Waals surface area contributed by atoms with Crippen LogP contribution in [0.1, 0.15) is 36.9 Å². The molecule has 172 valence electrons. The predicted molar refractivity (Wildman–Crippen MR) is 119 cm³/mol. The van der Waals surface area contributed by atoms with E-state index in [0.717, 1.165) is 12.8 Å². The van der Waals surface area contributed by atoms with Crippen molar-refractivity contribution in [1.29, 1.82) is 0 Å². The van der Waals surface area contributed by atoms with Crippen molar-refractivity contribution >= 4 is 23.1 Å². The molecule has 0 bridgehead atoms. The number of rotatable bonds is 7. The summed E-state index contributed by atoms with van der Waals surface area (Å²) in [4.78, 5) is 38.2. The van der Waals surface area contributed by atoms with Crippen LogP contribution in [0, 0.1) is 10.1 Å². The first kappa shape index (κ1) is 22.5. The number of ether oxygens (including phenoxy) is 2. The van der Waals surface area contributed by atoms with Crippen molar-refractivity contribution in [1.82, 2.24) is 4.90 Å². The maximum atomic E-state index is 13.1. The molecule has 2 aromatic rings. The first-order valence-corrected chi connectivity index (χ1v) is 10.8. The quantitative estimate of drug-likeness (QED) is 0.224. The number of hydrogen-bond acceptors (Lipinski definition) is 7. The summed E-state index contributed by atoms with van der Waals surface area (Å²) >= 11 is 0. The molecule has 1 N–H and O–H groups in total. The Balaban J connectivity index is 1.81. The summed E-state index contributed by atoms with van der Waals surface area (Å²) in [7, 11) is 0. The molecule has 2 heterocycles. The van der Waals surface area contributed by atoms with Gasteiger partial charge >= 0.3 is 0 Å². The van der Waals surface area contributed by atoms with E-state index in [1.165, 1.54) is 23.1 Å². The topological polar surface area (TPSA) is 119 Å². The number of non-ortho nitro benzene ring substituents is 1. The van der Waals surface area contributed by atoms with E-state index < -0.39 is 22.7 Å². The van der Waals surface area contributed by atoms with Crippen LogP contribution in [-0.4, -0.2) is 52.5 Å². The molecule has 0 radical (unpaired) electrons. The average molecular weight is 452 g/mol. The number of amides is 1. The molecule has 4 rings (SSSR count). The van der Waals surface area contributed by atoms with Crippen molar-refractivity contribution < 1.29 is 29.1 Å². The summed E-state index contributed by atoms with van der Waals surface area (Å²) in [6, 6.07) is 11.3. The number of aliphatic hydroxyl groups excluding tert-OH is 1. The molecule has 2 atom stereocenters. The van der Waals surface area contributed by atoms with Gasteiger partial charge in [-0.2, -0.15) is 0 Å². The third-order valence-electron chi connectivity index (χ3n) is 5.80. The molecule has 2 aromatic carbocycles. The molecule has 2 aliphatic rings. The Morgan fingerprint density at radius 1 is 1.24 bits per heavy atom. The zero-order valence-electron chi connectivity index (χ0n) is 18.1. The van der Waals surface area contributed by atoms with E-state index in [1.54, 1.807) is 30.3 Å². The summed E-state index contributed by atoms with van der Waals surface area (Å²) in [6.45, 7) is 3.05. The van der Waals surface area contributed by atoms with Gasteiger partial charge in [-0.15, -0.1) is 0 Å². The number of carbonyl (C=O) groups is 2. The number of nitro benzene ring substituents is 1. The Hall–Kier alpha value is -3.72. The minimum absolute atomic E-state index is 0.109. The highest BCUT2D eigenvalue weighted by atomic mass is 16.6. The number of hydrogen-bond donors (Lipinski definition) is 1. The Bertz CT molecular complexity index is 1100. The van der Waals surface area contributed by atoms with Crippen LogP contribution in [0.4, 0.5) is 5.69 Å². The molecule has 0 saturated carbocycles. The Kier molecular flexibility index (Phi) is 6.41. The number of Topliss-reactive ketones (excluding diaryl/α,β-unsaturated/α-hetero) is 1. The lowest BCUT2D eigenvalue weighted by Gasteiger charge is -2.27. The lowest BCUT2D eigenvalue weighted by molar-refractivity contribution is -0.384. The van der Waals surface area contributed by atoms with Crippen molar-refractivity contribution in [3.63, 3.8) is 0 Å². The van der Waals surface area contributed by atoms with Gasteiger partial charge in [-0.05, 0) is 49.6 Å². The van der Waals surface area contributed by atoms with E-state index in [1.807, 2.05) is 6.92 Å². The Labute approximate surface area is 190 Å². The van der Waals surface area contributed by atoms with Crippen LogP contribution < -0.4 is 4.74 Å². The second kappa shape index (κ2) is 9.41. The molecule has 2 saturated heterocycles. The summed E-state index contributed by atoms with van der Waals surface area (Å²) < 4.78 is 11.1. The summed E-state index contributed by atoms with van der Waals surface area (Å²) in [5, 5.41) is 22.4. The Morgan fingerprint density at radius 2 is 2.00 bits per heavy atom. The van der Waals surface area contributed by atoms with E-state index in [4.69, 9.17) is 9.47 Å². The van der Waals surface area contributed by atoms with E-state index >= 15 is 0 Å². The summed E-state index contributed by atoms with van der Waals surface area (Å²) in [5.74, 6) is -1.35. The minimum atomic E-state index is -0.972. The van der Waals surface area contributed by atoms with E-state index in [2.05, 4.69) is 0 Å². The van der Waals surface area contributed by atoms with Gasteiger partial charge in [-0.1, -0.05) is 12.1 Å². The lowest BCUT2D eigenvalue weighted by Crippen LogP contribution is -2.36. The van der Waals surface area contributed by atoms with E-state index in [9.17, 15) is 24.8 Å². The van der Waals surface area contributed by atoms with Crippen LogP contribution in [0.3, 0.4) is 0 Å². The van der Waals surface area contributed by atoms with E-state index in [0.29, 0.717) is 30.1 Å². The number of nitrogens with zero attached hydrogens (tertiary/aromatic N) is 2. The monoisotopic (exact) mass is 452 g/mol. The highest BCUT2D eigenvalue weighted by Crippen LogP contribution is 2.41. The van der Waals surface area contributed by atoms with Gasteiger partial charge in [0, 0.05) is 30.8 Å². The van der Waals surface area contributed by atoms with Gasteiger partial charge in [0.05, 0.1) is 29.2 Å². The largest absolute Gasteiger partial charge is 0.507 e. The SMILES string of the molecule is CCOc1ccc(C(O)=C2C(=O)C(=O)N(CC3CCCO3)C2c2cccc([N+](=O)[O-])c2)cc1. The molecule has 33 heavy (non-hydrogen) atoms. The van der Waals surface area contributed by atoms with Gasteiger partial charge < -0.3 is 19.5 Å². The van der Waals surface area contributed by atoms with Gasteiger partial charge in [0.15, 0.2) is 0 Å². The molecule has 1 amide bonds. The minimum Gasteiger partial charge on any atom is -0.507 e. The molecule has 9 heteroatoms. The summed E-state index contributed by atoms with van der Waals surface area (Å²) in [5.41, 5.74) is 0.428. The van der Waals surface area contributed by atoms with Crippen LogP contribution in [0.2, 0.25) is 0 Å². The van der Waals surface area contributed by atoms with Crippen molar-refractivity contribution in [2.24, 2.45) is 0 Å². The van der Waals surface area contributed by atoms with Crippen LogP contribution in [0.5, 0.6) is 5.75 Å². The molecule has 2 aliphatic heterocycles. The van der Waals surface area contributed by atoms with Crippen LogP contribution in [0.15, 0.2) is 54.1 Å². The van der Waals surface area contributed by atoms with Gasteiger partial charge in [-0.25, -0.2) is 0 Å². The third-order valence-corrected chi connectivity index (χ3v) is 5.80. The van der Waals surface area contributed by atoms with Crippen molar-refractivity contribution in [3.8, 4) is 5.75 Å². The predicted octanol–water partition coefficient (Wildman–Crippen LogP) is 3.59. The molecular formula is C24H24N2O7. The molecule has 9 nitrogen and oxygen atoms in total. The van der Waals surface area contributed by atoms with Gasteiger partial charge in [0.1, 0.15) is 11.5 Å². The number of nitro groups is 1. The highest BCUT2D eigenvalue weighted by Gasteiger charge is 2.47. The molecule has 0 aromatic heterocycles. The standard InChI is InChI=1S/C24H24N2O7/c1-2-32-18-10-8-15(9-11-18)22(27)20-21(16-5-3-6-17(13-16)26(30)31)25(24(29)23(20)28)14-19-7-4-12-33-19/h3,5-6,8-11,13,19,21,27H,2,4,7,12,14H2,1H3. The molecule has 2 fully saturated rings. The zero-order chi connectivity index (χ0) is 23.5. The number of aliphatic hydroxyl groups is 1. The first-order valence-electron chi connectivity index (χ1n) is 10.8. The molecular weight excluding hydrogens is 428 g/mol.